The summed E-state index contributed by atoms with van der Waals surface area (Å²) in [5, 5.41) is 6.62. The Morgan fingerprint density at radius 3 is 2.16 bits per heavy atom. The fourth-order valence-electron chi connectivity index (χ4n) is 2.95. The molecule has 0 heterocycles. The van der Waals surface area contributed by atoms with E-state index in [0.29, 0.717) is 49.5 Å². The van der Waals surface area contributed by atoms with Crippen LogP contribution in [0.1, 0.15) is 26.3 Å². The molecule has 0 saturated heterocycles. The molecule has 0 saturated carbocycles. The van der Waals surface area contributed by atoms with Crippen LogP contribution in [0.2, 0.25) is 0 Å². The van der Waals surface area contributed by atoms with Gasteiger partial charge in [-0.2, -0.15) is 0 Å². The zero-order chi connectivity index (χ0) is 23.3. The molecule has 0 unspecified atom stereocenters. The lowest BCUT2D eigenvalue weighted by Gasteiger charge is -2.15. The van der Waals surface area contributed by atoms with Crippen molar-refractivity contribution in [1.29, 1.82) is 0 Å². The maximum atomic E-state index is 5.71. The van der Waals surface area contributed by atoms with E-state index in [1.807, 2.05) is 57.2 Å². The Morgan fingerprint density at radius 2 is 1.62 bits per heavy atom. The van der Waals surface area contributed by atoms with Crippen LogP contribution in [0.4, 0.5) is 5.69 Å². The molecule has 8 heteroatoms. The first kappa shape index (κ1) is 25.1. The average Bonchev–Trinajstić information content (AvgIpc) is 2.80. The molecule has 0 bridgehead atoms. The minimum Gasteiger partial charge on any atom is -0.493 e. The molecule has 0 aliphatic carbocycles. The highest BCUT2D eigenvalue weighted by molar-refractivity contribution is 5.93. The van der Waals surface area contributed by atoms with E-state index in [9.17, 15) is 0 Å². The van der Waals surface area contributed by atoms with Crippen LogP contribution < -0.4 is 29.6 Å². The van der Waals surface area contributed by atoms with Crippen LogP contribution in [-0.2, 0) is 11.3 Å². The van der Waals surface area contributed by atoms with Crippen LogP contribution in [0.25, 0.3) is 0 Å². The molecular formula is C24H35N3O5. The summed E-state index contributed by atoms with van der Waals surface area (Å²) in [5.74, 6) is 3.20. The molecular weight excluding hydrogens is 410 g/mol. The van der Waals surface area contributed by atoms with Gasteiger partial charge >= 0.3 is 0 Å². The first-order chi connectivity index (χ1) is 15.5. The summed E-state index contributed by atoms with van der Waals surface area (Å²) in [4.78, 5) is 4.72. The highest BCUT2D eigenvalue weighted by Crippen LogP contribution is 2.38. The third-order valence-electron chi connectivity index (χ3n) is 4.38. The molecule has 2 aromatic rings. The summed E-state index contributed by atoms with van der Waals surface area (Å²) in [7, 11) is 4.78. The average molecular weight is 446 g/mol. The van der Waals surface area contributed by atoms with Crippen LogP contribution in [-0.4, -0.2) is 53.2 Å². The number of anilines is 1. The molecule has 0 spiro atoms. The number of rotatable bonds is 12. The second kappa shape index (κ2) is 13.3. The van der Waals surface area contributed by atoms with Gasteiger partial charge in [0.05, 0.1) is 40.6 Å². The molecule has 176 valence electrons. The van der Waals surface area contributed by atoms with Crippen LogP contribution in [0, 0.1) is 0 Å². The Balaban J connectivity index is 2.18. The predicted molar refractivity (Wildman–Crippen MR) is 128 cm³/mol. The topological polar surface area (TPSA) is 82.6 Å². The SMILES string of the molecule is CCOCCNC(=NCc1cc(OC)c(OC)c(OC)c1)Nc1ccc(OC(C)C)cc1. The van der Waals surface area contributed by atoms with Crippen molar-refractivity contribution in [2.75, 3.05) is 46.4 Å². The van der Waals surface area contributed by atoms with Crippen LogP contribution in [0.3, 0.4) is 0 Å². The number of methoxy groups -OCH3 is 3. The van der Waals surface area contributed by atoms with Crippen molar-refractivity contribution in [3.8, 4) is 23.0 Å². The van der Waals surface area contributed by atoms with Gasteiger partial charge in [-0.05, 0) is 62.7 Å². The van der Waals surface area contributed by atoms with Crippen molar-refractivity contribution < 1.29 is 23.7 Å². The first-order valence-electron chi connectivity index (χ1n) is 10.7. The predicted octanol–water partition coefficient (Wildman–Crippen LogP) is 4.09. The van der Waals surface area contributed by atoms with E-state index in [0.717, 1.165) is 17.0 Å². The fraction of sp³-hybridized carbons (Fsp3) is 0.458. The van der Waals surface area contributed by atoms with E-state index in [2.05, 4.69) is 10.6 Å². The van der Waals surface area contributed by atoms with E-state index in [4.69, 9.17) is 28.7 Å². The second-order valence-corrected chi connectivity index (χ2v) is 7.14. The Labute approximate surface area is 190 Å². The minimum atomic E-state index is 0.129. The summed E-state index contributed by atoms with van der Waals surface area (Å²) in [6.07, 6.45) is 0.129. The molecule has 2 aromatic carbocycles. The van der Waals surface area contributed by atoms with Crippen molar-refractivity contribution in [2.24, 2.45) is 4.99 Å². The van der Waals surface area contributed by atoms with E-state index >= 15 is 0 Å². The van der Waals surface area contributed by atoms with E-state index in [1.165, 1.54) is 0 Å². The molecule has 0 radical (unpaired) electrons. The van der Waals surface area contributed by atoms with Gasteiger partial charge in [-0.3, -0.25) is 0 Å². The Hall–Kier alpha value is -3.13. The summed E-state index contributed by atoms with van der Waals surface area (Å²) in [5.41, 5.74) is 1.82. The van der Waals surface area contributed by atoms with Gasteiger partial charge in [-0.25, -0.2) is 4.99 Å². The largest absolute Gasteiger partial charge is 0.493 e. The van der Waals surface area contributed by atoms with Gasteiger partial charge in [0, 0.05) is 18.8 Å². The van der Waals surface area contributed by atoms with Crippen molar-refractivity contribution in [1.82, 2.24) is 5.32 Å². The number of aliphatic imine (C=N–C) groups is 1. The van der Waals surface area contributed by atoms with Gasteiger partial charge in [-0.15, -0.1) is 0 Å². The van der Waals surface area contributed by atoms with Crippen LogP contribution in [0.15, 0.2) is 41.4 Å². The second-order valence-electron chi connectivity index (χ2n) is 7.14. The number of nitrogens with zero attached hydrogens (tertiary/aromatic N) is 1. The van der Waals surface area contributed by atoms with Crippen LogP contribution in [0.5, 0.6) is 23.0 Å². The van der Waals surface area contributed by atoms with Gasteiger partial charge in [0.1, 0.15) is 5.75 Å². The first-order valence-corrected chi connectivity index (χ1v) is 10.7. The zero-order valence-corrected chi connectivity index (χ0v) is 19.9. The molecule has 0 aromatic heterocycles. The number of guanidine groups is 1. The summed E-state index contributed by atoms with van der Waals surface area (Å²) < 4.78 is 27.4. The lowest BCUT2D eigenvalue weighted by atomic mass is 10.2. The smallest absolute Gasteiger partial charge is 0.203 e. The van der Waals surface area contributed by atoms with Gasteiger partial charge in [0.15, 0.2) is 17.5 Å². The number of hydrogen-bond donors (Lipinski definition) is 2. The van der Waals surface area contributed by atoms with Crippen molar-refractivity contribution in [3.63, 3.8) is 0 Å². The van der Waals surface area contributed by atoms with Gasteiger partial charge < -0.3 is 34.3 Å². The van der Waals surface area contributed by atoms with E-state index in [1.54, 1.807) is 21.3 Å². The van der Waals surface area contributed by atoms with Crippen LogP contribution >= 0.6 is 0 Å². The number of benzene rings is 2. The highest BCUT2D eigenvalue weighted by Gasteiger charge is 2.13. The van der Waals surface area contributed by atoms with E-state index < -0.39 is 0 Å². The number of nitrogens with one attached hydrogen (secondary N) is 2. The lowest BCUT2D eigenvalue weighted by molar-refractivity contribution is 0.152. The molecule has 0 aliphatic heterocycles. The van der Waals surface area contributed by atoms with Crippen molar-refractivity contribution in [2.45, 2.75) is 33.4 Å². The van der Waals surface area contributed by atoms with Crippen molar-refractivity contribution in [3.05, 3.63) is 42.0 Å². The third kappa shape index (κ3) is 7.85. The number of ether oxygens (including phenoxy) is 5. The minimum absolute atomic E-state index is 0.129. The lowest BCUT2D eigenvalue weighted by Crippen LogP contribution is -2.33. The molecule has 32 heavy (non-hydrogen) atoms. The summed E-state index contributed by atoms with van der Waals surface area (Å²) >= 11 is 0. The zero-order valence-electron chi connectivity index (χ0n) is 19.9. The van der Waals surface area contributed by atoms with Gasteiger partial charge in [0.25, 0.3) is 0 Å². The molecule has 2 rings (SSSR count). The Kier molecular flexibility index (Phi) is 10.5. The van der Waals surface area contributed by atoms with Gasteiger partial charge in [0.2, 0.25) is 5.75 Å². The fourth-order valence-corrected chi connectivity index (χ4v) is 2.95. The molecule has 8 nitrogen and oxygen atoms in total. The maximum Gasteiger partial charge on any atom is 0.203 e. The van der Waals surface area contributed by atoms with Gasteiger partial charge in [-0.1, -0.05) is 0 Å². The standard InChI is InChI=1S/C24H35N3O5/c1-7-31-13-12-25-24(27-19-8-10-20(11-9-19)32-17(2)3)26-16-18-14-21(28-4)23(30-6)22(15-18)29-5/h8-11,14-15,17H,7,12-13,16H2,1-6H3,(H2,25,26,27). The normalized spacial score (nSPS) is 11.3. The molecule has 0 aliphatic rings. The van der Waals surface area contributed by atoms with Crippen molar-refractivity contribution >= 4 is 11.6 Å². The molecule has 0 atom stereocenters. The highest BCUT2D eigenvalue weighted by atomic mass is 16.5. The molecule has 0 amide bonds. The molecule has 0 fully saturated rings. The number of hydrogen-bond acceptors (Lipinski definition) is 6. The maximum absolute atomic E-state index is 5.71. The quantitative estimate of drug-likeness (QED) is 0.289. The monoisotopic (exact) mass is 445 g/mol. The Morgan fingerprint density at radius 1 is 0.969 bits per heavy atom. The molecule has 2 N–H and O–H groups in total. The Bertz CT molecular complexity index is 828. The van der Waals surface area contributed by atoms with E-state index in [-0.39, 0.29) is 6.10 Å². The summed E-state index contributed by atoms with van der Waals surface area (Å²) in [6.45, 7) is 8.27. The third-order valence-corrected chi connectivity index (χ3v) is 4.38. The summed E-state index contributed by atoms with van der Waals surface area (Å²) in [6, 6.07) is 11.5.